The molecule has 0 spiro atoms. The lowest BCUT2D eigenvalue weighted by Gasteiger charge is -2.16. The molecular formula is C21H27ClN2O2. The number of benzene rings is 2. The van der Waals surface area contributed by atoms with Gasteiger partial charge in [0.25, 0.3) is 0 Å². The molecule has 2 aromatic carbocycles. The van der Waals surface area contributed by atoms with Gasteiger partial charge in [0.2, 0.25) is 5.91 Å². The molecule has 2 atom stereocenters. The van der Waals surface area contributed by atoms with Crippen molar-refractivity contribution in [3.8, 4) is 5.75 Å². The number of para-hydroxylation sites is 1. The summed E-state index contributed by atoms with van der Waals surface area (Å²) >= 11 is 0. The molecule has 0 radical (unpaired) electrons. The Balaban J connectivity index is 0.00000243. The van der Waals surface area contributed by atoms with Crippen LogP contribution in [0.3, 0.4) is 0 Å². The number of nitrogens with two attached hydrogens (primary N) is 1. The van der Waals surface area contributed by atoms with Gasteiger partial charge in [-0.1, -0.05) is 48.5 Å². The van der Waals surface area contributed by atoms with Crippen LogP contribution in [0.15, 0.2) is 54.6 Å². The molecule has 1 amide bonds. The fourth-order valence-corrected chi connectivity index (χ4v) is 3.37. The number of carbonyl (C=O) groups is 1. The number of likely N-dealkylation sites (tertiary alicyclic amines) is 1. The SMILES string of the molecule is Cc1ccccc1OCCCC(=O)N1C[C@@H](N)[C@H](c2ccccc2)C1.Cl. The molecule has 5 heteroatoms. The minimum absolute atomic E-state index is 0. The third-order valence-corrected chi connectivity index (χ3v) is 4.83. The van der Waals surface area contributed by atoms with Crippen molar-refractivity contribution in [1.29, 1.82) is 0 Å². The zero-order valence-corrected chi connectivity index (χ0v) is 16.0. The summed E-state index contributed by atoms with van der Waals surface area (Å²) in [4.78, 5) is 14.4. The van der Waals surface area contributed by atoms with Gasteiger partial charge in [-0.25, -0.2) is 0 Å². The Hall–Kier alpha value is -2.04. The molecule has 26 heavy (non-hydrogen) atoms. The number of hydrogen-bond donors (Lipinski definition) is 1. The molecule has 1 heterocycles. The number of amides is 1. The quantitative estimate of drug-likeness (QED) is 0.787. The fraction of sp³-hybridized carbons (Fsp3) is 0.381. The molecule has 1 saturated heterocycles. The molecule has 1 fully saturated rings. The van der Waals surface area contributed by atoms with Gasteiger partial charge in [0.05, 0.1) is 6.61 Å². The first-order chi connectivity index (χ1) is 12.1. The second-order valence-electron chi connectivity index (χ2n) is 6.70. The first-order valence-corrected chi connectivity index (χ1v) is 8.92. The van der Waals surface area contributed by atoms with Crippen molar-refractivity contribution in [3.05, 3.63) is 65.7 Å². The van der Waals surface area contributed by atoms with E-state index in [2.05, 4.69) is 12.1 Å². The van der Waals surface area contributed by atoms with E-state index < -0.39 is 0 Å². The average Bonchev–Trinajstić information content (AvgIpc) is 3.02. The van der Waals surface area contributed by atoms with Crippen molar-refractivity contribution in [1.82, 2.24) is 4.90 Å². The molecule has 0 aromatic heterocycles. The van der Waals surface area contributed by atoms with Crippen molar-refractivity contribution < 1.29 is 9.53 Å². The minimum atomic E-state index is 0. The highest BCUT2D eigenvalue weighted by Gasteiger charge is 2.33. The van der Waals surface area contributed by atoms with E-state index in [0.717, 1.165) is 17.7 Å². The first kappa shape index (κ1) is 20.3. The van der Waals surface area contributed by atoms with Gasteiger partial charge in [-0.05, 0) is 30.5 Å². The molecule has 140 valence electrons. The molecular weight excluding hydrogens is 348 g/mol. The normalized spacial score (nSPS) is 19.1. The van der Waals surface area contributed by atoms with Gasteiger partial charge in [0.1, 0.15) is 5.75 Å². The van der Waals surface area contributed by atoms with Crippen LogP contribution in [0.5, 0.6) is 5.75 Å². The number of hydrogen-bond acceptors (Lipinski definition) is 3. The van der Waals surface area contributed by atoms with Gasteiger partial charge in [0.15, 0.2) is 0 Å². The summed E-state index contributed by atoms with van der Waals surface area (Å²) < 4.78 is 5.77. The maximum atomic E-state index is 12.5. The van der Waals surface area contributed by atoms with Crippen LogP contribution >= 0.6 is 12.4 Å². The fourth-order valence-electron chi connectivity index (χ4n) is 3.37. The lowest BCUT2D eigenvalue weighted by atomic mass is 9.95. The Kier molecular flexibility index (Phi) is 7.49. The van der Waals surface area contributed by atoms with Crippen molar-refractivity contribution in [2.45, 2.75) is 31.7 Å². The van der Waals surface area contributed by atoms with Crippen molar-refractivity contribution in [2.75, 3.05) is 19.7 Å². The molecule has 2 N–H and O–H groups in total. The van der Waals surface area contributed by atoms with E-state index in [1.807, 2.05) is 54.3 Å². The molecule has 4 nitrogen and oxygen atoms in total. The Morgan fingerprint density at radius 2 is 1.81 bits per heavy atom. The minimum Gasteiger partial charge on any atom is -0.493 e. The number of halogens is 1. The van der Waals surface area contributed by atoms with Gasteiger partial charge >= 0.3 is 0 Å². The predicted molar refractivity (Wildman–Crippen MR) is 107 cm³/mol. The smallest absolute Gasteiger partial charge is 0.222 e. The van der Waals surface area contributed by atoms with Crippen LogP contribution in [0, 0.1) is 6.92 Å². The maximum Gasteiger partial charge on any atom is 0.222 e. The Labute approximate surface area is 161 Å². The van der Waals surface area contributed by atoms with Gasteiger partial charge < -0.3 is 15.4 Å². The van der Waals surface area contributed by atoms with E-state index in [9.17, 15) is 4.79 Å². The second-order valence-corrected chi connectivity index (χ2v) is 6.70. The lowest BCUT2D eigenvalue weighted by molar-refractivity contribution is -0.130. The third kappa shape index (κ3) is 4.99. The van der Waals surface area contributed by atoms with E-state index in [-0.39, 0.29) is 30.3 Å². The standard InChI is InChI=1S/C21H26N2O2.ClH/c1-16-8-5-6-11-20(16)25-13-7-12-21(24)23-14-18(19(22)15-23)17-9-3-2-4-10-17;/h2-6,8-11,18-19H,7,12-15,22H2,1H3;1H/t18-,19+;/m0./s1. The van der Waals surface area contributed by atoms with E-state index in [1.54, 1.807) is 0 Å². The molecule has 0 unspecified atom stereocenters. The van der Waals surface area contributed by atoms with Crippen LogP contribution in [0.4, 0.5) is 0 Å². The van der Waals surface area contributed by atoms with Gasteiger partial charge in [-0.3, -0.25) is 4.79 Å². The lowest BCUT2D eigenvalue weighted by Crippen LogP contribution is -2.32. The van der Waals surface area contributed by atoms with E-state index in [0.29, 0.717) is 26.1 Å². The molecule has 0 saturated carbocycles. The number of ether oxygens (including phenoxy) is 1. The zero-order chi connectivity index (χ0) is 17.6. The maximum absolute atomic E-state index is 12.5. The van der Waals surface area contributed by atoms with Gasteiger partial charge in [-0.15, -0.1) is 12.4 Å². The Morgan fingerprint density at radius 3 is 2.54 bits per heavy atom. The summed E-state index contributed by atoms with van der Waals surface area (Å²) in [6, 6.07) is 18.2. The van der Waals surface area contributed by atoms with Gasteiger partial charge in [-0.2, -0.15) is 0 Å². The van der Waals surface area contributed by atoms with Crippen molar-refractivity contribution in [2.24, 2.45) is 5.73 Å². The van der Waals surface area contributed by atoms with Crippen LogP contribution in [0.1, 0.15) is 29.9 Å². The summed E-state index contributed by atoms with van der Waals surface area (Å²) in [7, 11) is 0. The number of nitrogens with zero attached hydrogens (tertiary/aromatic N) is 1. The van der Waals surface area contributed by atoms with Crippen LogP contribution in [-0.4, -0.2) is 36.5 Å². The summed E-state index contributed by atoms with van der Waals surface area (Å²) in [5.74, 6) is 1.29. The number of rotatable bonds is 6. The molecule has 0 bridgehead atoms. The summed E-state index contributed by atoms with van der Waals surface area (Å²) in [5.41, 5.74) is 8.60. The van der Waals surface area contributed by atoms with E-state index >= 15 is 0 Å². The highest BCUT2D eigenvalue weighted by Crippen LogP contribution is 2.26. The summed E-state index contributed by atoms with van der Waals surface area (Å²) in [6.45, 7) is 3.92. The first-order valence-electron chi connectivity index (χ1n) is 8.92. The molecule has 3 rings (SSSR count). The van der Waals surface area contributed by atoms with Crippen LogP contribution in [-0.2, 0) is 4.79 Å². The predicted octanol–water partition coefficient (Wildman–Crippen LogP) is 3.53. The van der Waals surface area contributed by atoms with Crippen molar-refractivity contribution >= 4 is 18.3 Å². The van der Waals surface area contributed by atoms with Gasteiger partial charge in [0, 0.05) is 31.5 Å². The molecule has 0 aliphatic carbocycles. The summed E-state index contributed by atoms with van der Waals surface area (Å²) in [5, 5.41) is 0. The topological polar surface area (TPSA) is 55.6 Å². The van der Waals surface area contributed by atoms with Crippen LogP contribution in [0.2, 0.25) is 0 Å². The van der Waals surface area contributed by atoms with E-state index in [4.69, 9.17) is 10.5 Å². The average molecular weight is 375 g/mol. The van der Waals surface area contributed by atoms with Crippen LogP contribution in [0.25, 0.3) is 0 Å². The van der Waals surface area contributed by atoms with Crippen LogP contribution < -0.4 is 10.5 Å². The van der Waals surface area contributed by atoms with E-state index in [1.165, 1.54) is 5.56 Å². The second kappa shape index (κ2) is 9.60. The highest BCUT2D eigenvalue weighted by atomic mass is 35.5. The molecule has 1 aliphatic heterocycles. The molecule has 1 aliphatic rings. The summed E-state index contributed by atoms with van der Waals surface area (Å²) in [6.07, 6.45) is 1.22. The monoisotopic (exact) mass is 374 g/mol. The number of carbonyl (C=O) groups excluding carboxylic acids is 1. The van der Waals surface area contributed by atoms with Crippen molar-refractivity contribution in [3.63, 3.8) is 0 Å². The number of aryl methyl sites for hydroxylation is 1. The third-order valence-electron chi connectivity index (χ3n) is 4.83. The molecule has 2 aromatic rings. The zero-order valence-electron chi connectivity index (χ0n) is 15.1. The highest BCUT2D eigenvalue weighted by molar-refractivity contribution is 5.85. The Bertz CT molecular complexity index is 708. The Morgan fingerprint density at radius 1 is 1.12 bits per heavy atom. The largest absolute Gasteiger partial charge is 0.493 e.